The predicted molar refractivity (Wildman–Crippen MR) is 86.7 cm³/mol. The highest BCUT2D eigenvalue weighted by Crippen LogP contribution is 2.17. The van der Waals surface area contributed by atoms with Gasteiger partial charge in [-0.1, -0.05) is 55.1 Å². The molecule has 0 unspecified atom stereocenters. The molecule has 2 rings (SSSR count). The number of hydrogen-bond acceptors (Lipinski definition) is 2. The van der Waals surface area contributed by atoms with E-state index in [0.717, 1.165) is 5.56 Å². The summed E-state index contributed by atoms with van der Waals surface area (Å²) in [4.78, 5) is 26.6. The van der Waals surface area contributed by atoms with Crippen LogP contribution in [-0.2, 0) is 0 Å². The summed E-state index contributed by atoms with van der Waals surface area (Å²) < 4.78 is 0. The van der Waals surface area contributed by atoms with Crippen LogP contribution in [0.1, 0.15) is 17.3 Å². The Kier molecular flexibility index (Phi) is 4.24. The Morgan fingerprint density at radius 2 is 1.90 bits per heavy atom. The van der Waals surface area contributed by atoms with E-state index in [1.807, 2.05) is 30.3 Å². The van der Waals surface area contributed by atoms with Crippen molar-refractivity contribution in [3.63, 3.8) is 0 Å². The fourth-order valence-corrected chi connectivity index (χ4v) is 2.33. The molecule has 4 heteroatoms. The summed E-state index contributed by atoms with van der Waals surface area (Å²) in [6.45, 7) is 8.81. The minimum Gasteiger partial charge on any atom is -0.322 e. The third-order valence-corrected chi connectivity index (χ3v) is 3.16. The molecule has 0 saturated heterocycles. The van der Waals surface area contributed by atoms with E-state index >= 15 is 0 Å². The summed E-state index contributed by atoms with van der Waals surface area (Å²) in [7, 11) is 0. The highest BCUT2D eigenvalue weighted by Gasteiger charge is 2.15. The molecule has 1 N–H and O–H groups in total. The average molecular weight is 300 g/mol. The zero-order valence-electron chi connectivity index (χ0n) is 11.6. The number of pyridine rings is 1. The van der Waals surface area contributed by atoms with Gasteiger partial charge in [-0.15, -0.1) is 0 Å². The number of carbonyl (C=O) groups is 1. The Morgan fingerprint density at radius 3 is 2.43 bits per heavy atom. The first-order valence-corrected chi connectivity index (χ1v) is 6.67. The number of hydrogen-bond donors (Lipinski definition) is 1. The molecular formula is C17H14ClNO2. The van der Waals surface area contributed by atoms with Gasteiger partial charge >= 0.3 is 0 Å². The van der Waals surface area contributed by atoms with Crippen LogP contribution in [0.3, 0.4) is 0 Å². The number of H-pyrrole nitrogens is 1. The summed E-state index contributed by atoms with van der Waals surface area (Å²) in [5, 5.41) is 1.27. The summed E-state index contributed by atoms with van der Waals surface area (Å²) in [5.74, 6) is -0.315. The summed E-state index contributed by atoms with van der Waals surface area (Å²) in [6.07, 6.45) is 1.59. The van der Waals surface area contributed by atoms with Crippen LogP contribution in [0.4, 0.5) is 0 Å². The Bertz CT molecular complexity index is 879. The zero-order valence-corrected chi connectivity index (χ0v) is 12.3. The van der Waals surface area contributed by atoms with Crippen molar-refractivity contribution in [2.24, 2.45) is 0 Å². The molecule has 0 spiro atoms. The molecule has 0 aliphatic heterocycles. The molecule has 1 aromatic carbocycles. The van der Waals surface area contributed by atoms with Crippen LogP contribution in [0.5, 0.6) is 0 Å². The molecule has 0 aliphatic carbocycles. The maximum atomic E-state index is 12.1. The number of Topliss-reactive ketones (excluding diaryl/α,β-unsaturated/α-hetero) is 1. The van der Waals surface area contributed by atoms with Crippen molar-refractivity contribution in [2.75, 3.05) is 0 Å². The molecule has 0 aliphatic rings. The van der Waals surface area contributed by atoms with Gasteiger partial charge in [0.2, 0.25) is 0 Å². The maximum absolute atomic E-state index is 12.1. The van der Waals surface area contributed by atoms with Crippen molar-refractivity contribution in [2.45, 2.75) is 6.92 Å². The first-order valence-electron chi connectivity index (χ1n) is 6.29. The molecule has 0 atom stereocenters. The van der Waals surface area contributed by atoms with Gasteiger partial charge in [0.15, 0.2) is 5.78 Å². The van der Waals surface area contributed by atoms with Gasteiger partial charge in [0.25, 0.3) is 5.56 Å². The van der Waals surface area contributed by atoms with E-state index in [9.17, 15) is 9.59 Å². The quantitative estimate of drug-likeness (QED) is 0.883. The molecular weight excluding hydrogens is 286 g/mol. The lowest BCUT2D eigenvalue weighted by atomic mass is 9.96. The Labute approximate surface area is 126 Å². The van der Waals surface area contributed by atoms with Crippen LogP contribution < -0.4 is 16.1 Å². The molecule has 0 amide bonds. The summed E-state index contributed by atoms with van der Waals surface area (Å²) in [5.41, 5.74) is 0.919. The minimum atomic E-state index is -0.455. The van der Waals surface area contributed by atoms with E-state index in [4.69, 9.17) is 11.6 Å². The van der Waals surface area contributed by atoms with Crippen molar-refractivity contribution in [1.82, 2.24) is 4.98 Å². The minimum absolute atomic E-state index is 0.0952. The molecule has 0 fully saturated rings. The van der Waals surface area contributed by atoms with Crippen LogP contribution in [0, 0.1) is 0 Å². The fourth-order valence-electron chi connectivity index (χ4n) is 2.22. The number of aromatic nitrogens is 1. The standard InChI is InChI=1S/C17H14ClNO2/c1-10(18)9-14-11(2)19-17(21)15(12(3)20)16(14)13-7-5-4-6-8-13/h4-9H,1-2H2,3H3,(H,19,21)/b14-9+. The summed E-state index contributed by atoms with van der Waals surface area (Å²) >= 11 is 5.86. The van der Waals surface area contributed by atoms with E-state index in [1.54, 1.807) is 6.08 Å². The number of nitrogens with one attached hydrogen (secondary N) is 1. The van der Waals surface area contributed by atoms with E-state index < -0.39 is 5.56 Å². The van der Waals surface area contributed by atoms with E-state index in [-0.39, 0.29) is 11.3 Å². The van der Waals surface area contributed by atoms with E-state index in [2.05, 4.69) is 18.1 Å². The molecule has 1 aromatic heterocycles. The number of allylic oxidation sites excluding steroid dienone is 1. The van der Waals surface area contributed by atoms with Gasteiger partial charge in [-0.2, -0.15) is 0 Å². The predicted octanol–water partition coefficient (Wildman–Crippen LogP) is 2.19. The average Bonchev–Trinajstić information content (AvgIpc) is 2.41. The fraction of sp³-hybridized carbons (Fsp3) is 0.0588. The van der Waals surface area contributed by atoms with Gasteiger partial charge in [0, 0.05) is 21.2 Å². The van der Waals surface area contributed by atoms with Crippen LogP contribution in [0.25, 0.3) is 23.8 Å². The zero-order chi connectivity index (χ0) is 15.6. The van der Waals surface area contributed by atoms with Crippen LogP contribution in [-0.4, -0.2) is 10.8 Å². The highest BCUT2D eigenvalue weighted by atomic mass is 35.5. The smallest absolute Gasteiger partial charge is 0.259 e. The Hall–Kier alpha value is -2.39. The molecule has 0 radical (unpaired) electrons. The second kappa shape index (κ2) is 5.94. The third kappa shape index (κ3) is 3.03. The summed E-state index contributed by atoms with van der Waals surface area (Å²) in [6, 6.07) is 9.19. The maximum Gasteiger partial charge on any atom is 0.259 e. The molecule has 1 heterocycles. The van der Waals surface area contributed by atoms with Crippen molar-refractivity contribution >= 4 is 30.0 Å². The molecule has 0 saturated carbocycles. The van der Waals surface area contributed by atoms with Gasteiger partial charge in [-0.3, -0.25) is 9.59 Å². The van der Waals surface area contributed by atoms with Crippen molar-refractivity contribution in [3.05, 3.63) is 68.4 Å². The Balaban J connectivity index is 3.07. The van der Waals surface area contributed by atoms with E-state index in [1.165, 1.54) is 6.92 Å². The van der Waals surface area contributed by atoms with Crippen LogP contribution >= 0.6 is 11.6 Å². The molecule has 21 heavy (non-hydrogen) atoms. The number of aromatic amines is 1. The lowest BCUT2D eigenvalue weighted by Crippen LogP contribution is -2.38. The number of rotatable bonds is 3. The second-order valence-corrected chi connectivity index (χ2v) is 5.10. The van der Waals surface area contributed by atoms with Gasteiger partial charge in [0.1, 0.15) is 0 Å². The largest absolute Gasteiger partial charge is 0.322 e. The topological polar surface area (TPSA) is 49.9 Å². The number of ketones is 1. The van der Waals surface area contributed by atoms with Gasteiger partial charge in [-0.05, 0) is 18.6 Å². The Morgan fingerprint density at radius 1 is 1.29 bits per heavy atom. The van der Waals surface area contributed by atoms with E-state index in [0.29, 0.717) is 21.2 Å². The molecule has 106 valence electrons. The third-order valence-electron chi connectivity index (χ3n) is 3.05. The van der Waals surface area contributed by atoms with Gasteiger partial charge in [-0.25, -0.2) is 0 Å². The monoisotopic (exact) mass is 299 g/mol. The lowest BCUT2D eigenvalue weighted by Gasteiger charge is -2.08. The number of benzene rings is 1. The first kappa shape index (κ1) is 15.0. The highest BCUT2D eigenvalue weighted by molar-refractivity contribution is 6.33. The number of carbonyl (C=O) groups excluding carboxylic acids is 1. The van der Waals surface area contributed by atoms with Crippen LogP contribution in [0.2, 0.25) is 0 Å². The molecule has 0 bridgehead atoms. The number of halogens is 1. The van der Waals surface area contributed by atoms with Gasteiger partial charge < -0.3 is 4.98 Å². The van der Waals surface area contributed by atoms with Crippen molar-refractivity contribution in [3.8, 4) is 11.1 Å². The van der Waals surface area contributed by atoms with Gasteiger partial charge in [0.05, 0.1) is 5.56 Å². The molecule has 2 aromatic rings. The normalized spacial score (nSPS) is 11.4. The van der Waals surface area contributed by atoms with Crippen LogP contribution in [0.15, 0.2) is 46.7 Å². The second-order valence-electron chi connectivity index (χ2n) is 4.61. The lowest BCUT2D eigenvalue weighted by molar-refractivity contribution is 0.101. The van der Waals surface area contributed by atoms with Crippen molar-refractivity contribution < 1.29 is 4.79 Å². The SMILES string of the molecule is C=C(Cl)/C=c1/c(-c2ccccc2)c(C(C)=O)c(=O)[nH]c1=C. The van der Waals surface area contributed by atoms with Crippen molar-refractivity contribution in [1.29, 1.82) is 0 Å². The first-order chi connectivity index (χ1) is 9.91. The molecule has 3 nitrogen and oxygen atoms in total.